The lowest BCUT2D eigenvalue weighted by atomic mass is 9.57. The Balaban J connectivity index is 1.69. The SMILES string of the molecule is Cn1cc(CC2CC3(CNC3)C2)c(C(F)(F)F)n1. The van der Waals surface area contributed by atoms with Crippen molar-refractivity contribution in [3.63, 3.8) is 0 Å². The highest BCUT2D eigenvalue weighted by Gasteiger charge is 2.48. The zero-order valence-corrected chi connectivity index (χ0v) is 10.2. The minimum absolute atomic E-state index is 0.345. The lowest BCUT2D eigenvalue weighted by molar-refractivity contribution is -0.142. The normalized spacial score (nSPS) is 22.9. The van der Waals surface area contributed by atoms with Gasteiger partial charge in [0.05, 0.1) is 0 Å². The molecule has 0 amide bonds. The molecule has 0 radical (unpaired) electrons. The van der Waals surface area contributed by atoms with Crippen LogP contribution in [0.3, 0.4) is 0 Å². The summed E-state index contributed by atoms with van der Waals surface area (Å²) < 4.78 is 39.6. The van der Waals surface area contributed by atoms with Gasteiger partial charge < -0.3 is 5.32 Å². The molecule has 2 heterocycles. The van der Waals surface area contributed by atoms with Crippen molar-refractivity contribution in [1.29, 1.82) is 0 Å². The van der Waals surface area contributed by atoms with Gasteiger partial charge in [0.1, 0.15) is 0 Å². The maximum atomic E-state index is 12.8. The van der Waals surface area contributed by atoms with Crippen molar-refractivity contribution < 1.29 is 13.2 Å². The van der Waals surface area contributed by atoms with Gasteiger partial charge in [-0.05, 0) is 30.6 Å². The molecule has 3 nitrogen and oxygen atoms in total. The summed E-state index contributed by atoms with van der Waals surface area (Å²) in [5, 5.41) is 6.77. The van der Waals surface area contributed by atoms with Crippen molar-refractivity contribution in [1.82, 2.24) is 15.1 Å². The van der Waals surface area contributed by atoms with E-state index in [2.05, 4.69) is 10.4 Å². The fourth-order valence-corrected chi connectivity index (χ4v) is 3.31. The van der Waals surface area contributed by atoms with Crippen LogP contribution >= 0.6 is 0 Å². The van der Waals surface area contributed by atoms with Gasteiger partial charge in [0.25, 0.3) is 0 Å². The molecule has 1 saturated carbocycles. The van der Waals surface area contributed by atoms with Gasteiger partial charge in [-0.1, -0.05) is 0 Å². The van der Waals surface area contributed by atoms with Crippen LogP contribution in [0.5, 0.6) is 0 Å². The van der Waals surface area contributed by atoms with Gasteiger partial charge in [0, 0.05) is 31.9 Å². The maximum Gasteiger partial charge on any atom is 0.435 e. The predicted octanol–water partition coefficient (Wildman–Crippen LogP) is 1.98. The quantitative estimate of drug-likeness (QED) is 0.880. The molecule has 1 aromatic heterocycles. The molecule has 0 atom stereocenters. The second kappa shape index (κ2) is 3.73. The third kappa shape index (κ3) is 1.92. The first kappa shape index (κ1) is 12.0. The molecule has 18 heavy (non-hydrogen) atoms. The largest absolute Gasteiger partial charge is 0.435 e. The van der Waals surface area contributed by atoms with Crippen molar-refractivity contribution >= 4 is 0 Å². The topological polar surface area (TPSA) is 29.9 Å². The molecular weight excluding hydrogens is 243 g/mol. The summed E-state index contributed by atoms with van der Waals surface area (Å²) in [5.74, 6) is 0.386. The fourth-order valence-electron chi connectivity index (χ4n) is 3.31. The standard InChI is InChI=1S/C12H16F3N3/c1-18-5-9(10(17-18)12(13,14)15)2-8-3-11(4-8)6-16-7-11/h5,8,16H,2-4,6-7H2,1H3. The van der Waals surface area contributed by atoms with E-state index in [9.17, 15) is 13.2 Å². The predicted molar refractivity (Wildman–Crippen MR) is 59.9 cm³/mol. The molecule has 1 aliphatic carbocycles. The van der Waals surface area contributed by atoms with Crippen molar-refractivity contribution in [3.05, 3.63) is 17.5 Å². The number of nitrogens with one attached hydrogen (secondary N) is 1. The zero-order chi connectivity index (χ0) is 13.0. The third-order valence-electron chi connectivity index (χ3n) is 4.13. The lowest BCUT2D eigenvalue weighted by Crippen LogP contribution is -2.60. The van der Waals surface area contributed by atoms with E-state index in [1.165, 1.54) is 17.9 Å². The number of nitrogens with zero attached hydrogens (tertiary/aromatic N) is 2. The molecule has 2 aliphatic rings. The second-order valence-corrected chi connectivity index (χ2v) is 5.76. The summed E-state index contributed by atoms with van der Waals surface area (Å²) in [5.41, 5.74) is 0.0421. The zero-order valence-electron chi connectivity index (χ0n) is 10.2. The smallest absolute Gasteiger partial charge is 0.316 e. The molecule has 6 heteroatoms. The Morgan fingerprint density at radius 1 is 1.44 bits per heavy atom. The minimum atomic E-state index is -4.34. The molecular formula is C12H16F3N3. The van der Waals surface area contributed by atoms with Gasteiger partial charge in [-0.3, -0.25) is 4.68 Å². The molecule has 0 bridgehead atoms. The summed E-state index contributed by atoms with van der Waals surface area (Å²) >= 11 is 0. The second-order valence-electron chi connectivity index (χ2n) is 5.76. The Kier molecular flexibility index (Phi) is 2.49. The van der Waals surface area contributed by atoms with E-state index in [4.69, 9.17) is 0 Å². The van der Waals surface area contributed by atoms with Crippen LogP contribution in [-0.4, -0.2) is 22.9 Å². The Labute approximate surface area is 103 Å². The molecule has 0 unspecified atom stereocenters. The third-order valence-corrected chi connectivity index (χ3v) is 4.13. The number of aromatic nitrogens is 2. The van der Waals surface area contributed by atoms with Crippen LogP contribution < -0.4 is 5.32 Å². The Bertz CT molecular complexity index is 452. The van der Waals surface area contributed by atoms with Crippen LogP contribution in [-0.2, 0) is 19.6 Å². The minimum Gasteiger partial charge on any atom is -0.316 e. The van der Waals surface area contributed by atoms with Crippen LogP contribution in [0.2, 0.25) is 0 Å². The summed E-state index contributed by atoms with van der Waals surface area (Å²) in [6, 6.07) is 0. The molecule has 1 N–H and O–H groups in total. The Hall–Kier alpha value is -1.04. The van der Waals surface area contributed by atoms with E-state index >= 15 is 0 Å². The number of alkyl halides is 3. The van der Waals surface area contributed by atoms with Crippen LogP contribution in [0.1, 0.15) is 24.1 Å². The van der Waals surface area contributed by atoms with Crippen LogP contribution in [0.25, 0.3) is 0 Å². The summed E-state index contributed by atoms with van der Waals surface area (Å²) in [4.78, 5) is 0. The van der Waals surface area contributed by atoms with Gasteiger partial charge >= 0.3 is 6.18 Å². The number of hydrogen-bond donors (Lipinski definition) is 1. The maximum absolute atomic E-state index is 12.8. The molecule has 1 aliphatic heterocycles. The monoisotopic (exact) mass is 259 g/mol. The molecule has 1 spiro atoms. The average molecular weight is 259 g/mol. The van der Waals surface area contributed by atoms with Gasteiger partial charge in [0.15, 0.2) is 5.69 Å². The van der Waals surface area contributed by atoms with Crippen LogP contribution in [0, 0.1) is 11.3 Å². The lowest BCUT2D eigenvalue weighted by Gasteiger charge is -2.54. The first-order valence-electron chi connectivity index (χ1n) is 6.18. The number of rotatable bonds is 2. The molecule has 1 aromatic rings. The van der Waals surface area contributed by atoms with Crippen molar-refractivity contribution in [2.45, 2.75) is 25.4 Å². The van der Waals surface area contributed by atoms with Crippen molar-refractivity contribution in [2.24, 2.45) is 18.4 Å². The Morgan fingerprint density at radius 2 is 2.11 bits per heavy atom. The molecule has 1 saturated heterocycles. The van der Waals surface area contributed by atoms with E-state index in [1.54, 1.807) is 0 Å². The van der Waals surface area contributed by atoms with E-state index in [1.807, 2.05) is 0 Å². The average Bonchev–Trinajstić information content (AvgIpc) is 2.48. The van der Waals surface area contributed by atoms with Crippen LogP contribution in [0.4, 0.5) is 13.2 Å². The first-order valence-corrected chi connectivity index (χ1v) is 6.18. The molecule has 2 fully saturated rings. The molecule has 100 valence electrons. The highest BCUT2D eigenvalue weighted by molar-refractivity contribution is 5.22. The van der Waals surface area contributed by atoms with E-state index in [0.29, 0.717) is 23.3 Å². The van der Waals surface area contributed by atoms with E-state index in [0.717, 1.165) is 25.9 Å². The number of halogens is 3. The van der Waals surface area contributed by atoms with Gasteiger partial charge in [0.2, 0.25) is 0 Å². The first-order chi connectivity index (χ1) is 8.38. The van der Waals surface area contributed by atoms with Crippen LogP contribution in [0.15, 0.2) is 6.20 Å². The highest BCUT2D eigenvalue weighted by Crippen LogP contribution is 2.50. The highest BCUT2D eigenvalue weighted by atomic mass is 19.4. The number of aryl methyl sites for hydroxylation is 1. The van der Waals surface area contributed by atoms with E-state index < -0.39 is 11.9 Å². The molecule has 3 rings (SSSR count). The fraction of sp³-hybridized carbons (Fsp3) is 0.750. The van der Waals surface area contributed by atoms with Gasteiger partial charge in [-0.15, -0.1) is 0 Å². The summed E-state index contributed by atoms with van der Waals surface area (Å²) in [6.07, 6.45) is -0.230. The van der Waals surface area contributed by atoms with Gasteiger partial charge in [-0.2, -0.15) is 18.3 Å². The van der Waals surface area contributed by atoms with E-state index in [-0.39, 0.29) is 0 Å². The number of hydrogen-bond acceptors (Lipinski definition) is 2. The van der Waals surface area contributed by atoms with Gasteiger partial charge in [-0.25, -0.2) is 0 Å². The Morgan fingerprint density at radius 3 is 2.61 bits per heavy atom. The van der Waals surface area contributed by atoms with Crippen molar-refractivity contribution in [3.8, 4) is 0 Å². The molecule has 0 aromatic carbocycles. The summed E-state index contributed by atoms with van der Waals surface area (Å²) in [6.45, 7) is 2.06. The summed E-state index contributed by atoms with van der Waals surface area (Å²) in [7, 11) is 1.54. The van der Waals surface area contributed by atoms with Crippen molar-refractivity contribution in [2.75, 3.05) is 13.1 Å².